The Morgan fingerprint density at radius 3 is 2.76 bits per heavy atom. The number of halogens is 1. The van der Waals surface area contributed by atoms with E-state index in [0.29, 0.717) is 26.1 Å². The summed E-state index contributed by atoms with van der Waals surface area (Å²) in [7, 11) is -3.59. The Hall–Kier alpha value is -0.690. The van der Waals surface area contributed by atoms with Crippen molar-refractivity contribution in [3.8, 4) is 0 Å². The molecule has 94 valence electrons. The van der Waals surface area contributed by atoms with Gasteiger partial charge in [0.15, 0.2) is 0 Å². The van der Waals surface area contributed by atoms with Crippen LogP contribution in [0.1, 0.15) is 12.8 Å². The molecule has 0 saturated carbocycles. The maximum Gasteiger partial charge on any atom is 0.243 e. The molecule has 0 radical (unpaired) electrons. The molecule has 2 rings (SSSR count). The van der Waals surface area contributed by atoms with Crippen LogP contribution < -0.4 is 4.72 Å². The third-order valence-corrected chi connectivity index (χ3v) is 4.56. The summed E-state index contributed by atoms with van der Waals surface area (Å²) in [4.78, 5) is 3.80. The molecule has 1 aromatic rings. The average molecular weight is 277 g/mol. The normalized spacial score (nSPS) is 18.2. The van der Waals surface area contributed by atoms with Crippen molar-refractivity contribution in [2.45, 2.75) is 23.8 Å². The molecule has 0 amide bonds. The molecule has 5 nitrogen and oxygen atoms in total. The second kappa shape index (κ2) is 5.30. The van der Waals surface area contributed by atoms with Gasteiger partial charge in [-0.3, -0.25) is 4.98 Å². The number of rotatable bonds is 3. The summed E-state index contributed by atoms with van der Waals surface area (Å²) in [6.07, 6.45) is 4.06. The van der Waals surface area contributed by atoms with Crippen LogP contribution in [0.2, 0.25) is 5.02 Å². The lowest BCUT2D eigenvalue weighted by Gasteiger charge is -2.23. The minimum atomic E-state index is -3.59. The lowest BCUT2D eigenvalue weighted by molar-refractivity contribution is 0.0832. The Balaban J connectivity index is 2.16. The molecule has 0 aromatic carbocycles. The van der Waals surface area contributed by atoms with E-state index < -0.39 is 10.0 Å². The SMILES string of the molecule is O=S(=O)(NC1CCOCC1)c1cnccc1Cl. The quantitative estimate of drug-likeness (QED) is 0.900. The first-order valence-electron chi connectivity index (χ1n) is 5.29. The van der Waals surface area contributed by atoms with Gasteiger partial charge in [-0.25, -0.2) is 13.1 Å². The van der Waals surface area contributed by atoms with Crippen LogP contribution in [0.4, 0.5) is 0 Å². The van der Waals surface area contributed by atoms with E-state index in [9.17, 15) is 8.42 Å². The fourth-order valence-electron chi connectivity index (χ4n) is 1.66. The van der Waals surface area contributed by atoms with Gasteiger partial charge in [-0.05, 0) is 18.9 Å². The van der Waals surface area contributed by atoms with E-state index in [0.717, 1.165) is 0 Å². The number of hydrogen-bond acceptors (Lipinski definition) is 4. The highest BCUT2D eigenvalue weighted by Gasteiger charge is 2.23. The zero-order valence-electron chi connectivity index (χ0n) is 9.10. The van der Waals surface area contributed by atoms with E-state index in [1.165, 1.54) is 18.5 Å². The summed E-state index contributed by atoms with van der Waals surface area (Å²) >= 11 is 5.84. The molecule has 1 saturated heterocycles. The van der Waals surface area contributed by atoms with Gasteiger partial charge in [-0.15, -0.1) is 0 Å². The second-order valence-corrected chi connectivity index (χ2v) is 5.90. The molecule has 7 heteroatoms. The summed E-state index contributed by atoms with van der Waals surface area (Å²) in [6, 6.07) is 1.37. The number of nitrogens with zero attached hydrogens (tertiary/aromatic N) is 1. The van der Waals surface area contributed by atoms with E-state index in [-0.39, 0.29) is 16.0 Å². The molecule has 0 atom stereocenters. The molecule has 0 unspecified atom stereocenters. The van der Waals surface area contributed by atoms with Crippen LogP contribution in [0.25, 0.3) is 0 Å². The van der Waals surface area contributed by atoms with Gasteiger partial charge in [0.2, 0.25) is 10.0 Å². The van der Waals surface area contributed by atoms with Gasteiger partial charge in [-0.1, -0.05) is 11.6 Å². The van der Waals surface area contributed by atoms with E-state index in [2.05, 4.69) is 9.71 Å². The molecular weight excluding hydrogens is 264 g/mol. The molecular formula is C10H13ClN2O3S. The Morgan fingerprint density at radius 2 is 2.12 bits per heavy atom. The highest BCUT2D eigenvalue weighted by Crippen LogP contribution is 2.20. The van der Waals surface area contributed by atoms with Gasteiger partial charge in [0, 0.05) is 31.6 Å². The van der Waals surface area contributed by atoms with E-state index in [1.54, 1.807) is 0 Å². The summed E-state index contributed by atoms with van der Waals surface area (Å²) in [6.45, 7) is 1.15. The maximum atomic E-state index is 12.0. The highest BCUT2D eigenvalue weighted by atomic mass is 35.5. The van der Waals surface area contributed by atoms with Crippen molar-refractivity contribution in [1.82, 2.24) is 9.71 Å². The van der Waals surface area contributed by atoms with Gasteiger partial charge in [0.1, 0.15) is 4.90 Å². The van der Waals surface area contributed by atoms with Crippen molar-refractivity contribution in [1.29, 1.82) is 0 Å². The minimum absolute atomic E-state index is 0.0214. The van der Waals surface area contributed by atoms with Gasteiger partial charge in [0.25, 0.3) is 0 Å². The highest BCUT2D eigenvalue weighted by molar-refractivity contribution is 7.89. The molecule has 0 bridgehead atoms. The third kappa shape index (κ3) is 3.16. The summed E-state index contributed by atoms with van der Waals surface area (Å²) in [5.41, 5.74) is 0. The zero-order valence-corrected chi connectivity index (χ0v) is 10.7. The van der Waals surface area contributed by atoms with Gasteiger partial charge in [0.05, 0.1) is 5.02 Å². The second-order valence-electron chi connectivity index (χ2n) is 3.81. The van der Waals surface area contributed by atoms with Crippen LogP contribution >= 0.6 is 11.6 Å². The average Bonchev–Trinajstić information content (AvgIpc) is 2.30. The van der Waals surface area contributed by atoms with Crippen molar-refractivity contribution in [2.75, 3.05) is 13.2 Å². The number of aromatic nitrogens is 1. The molecule has 0 spiro atoms. The first-order valence-corrected chi connectivity index (χ1v) is 7.15. The van der Waals surface area contributed by atoms with Gasteiger partial charge in [-0.2, -0.15) is 0 Å². The number of pyridine rings is 1. The molecule has 1 aromatic heterocycles. The Morgan fingerprint density at radius 1 is 1.41 bits per heavy atom. The maximum absolute atomic E-state index is 12.0. The monoisotopic (exact) mass is 276 g/mol. The summed E-state index contributed by atoms with van der Waals surface area (Å²) < 4.78 is 31.9. The number of sulfonamides is 1. The summed E-state index contributed by atoms with van der Waals surface area (Å²) in [5, 5.41) is 0.180. The topological polar surface area (TPSA) is 68.3 Å². The van der Waals surface area contributed by atoms with Crippen molar-refractivity contribution in [3.05, 3.63) is 23.5 Å². The molecule has 1 aliphatic heterocycles. The number of ether oxygens (including phenoxy) is 1. The predicted molar refractivity (Wildman–Crippen MR) is 63.4 cm³/mol. The molecule has 1 aliphatic rings. The number of hydrogen-bond donors (Lipinski definition) is 1. The van der Waals surface area contributed by atoms with Crippen LogP contribution in [0.3, 0.4) is 0 Å². The molecule has 2 heterocycles. The van der Waals surface area contributed by atoms with E-state index in [4.69, 9.17) is 16.3 Å². The fraction of sp³-hybridized carbons (Fsp3) is 0.500. The van der Waals surface area contributed by atoms with E-state index in [1.807, 2.05) is 0 Å². The van der Waals surface area contributed by atoms with Crippen LogP contribution in [0.5, 0.6) is 0 Å². The molecule has 1 N–H and O–H groups in total. The Kier molecular flexibility index (Phi) is 3.98. The van der Waals surface area contributed by atoms with Gasteiger partial charge < -0.3 is 4.74 Å². The van der Waals surface area contributed by atoms with Crippen molar-refractivity contribution in [2.24, 2.45) is 0 Å². The first kappa shape index (κ1) is 12.8. The minimum Gasteiger partial charge on any atom is -0.381 e. The van der Waals surface area contributed by atoms with Crippen molar-refractivity contribution in [3.63, 3.8) is 0 Å². The summed E-state index contributed by atoms with van der Waals surface area (Å²) in [5.74, 6) is 0. The van der Waals surface area contributed by atoms with Gasteiger partial charge >= 0.3 is 0 Å². The lowest BCUT2D eigenvalue weighted by Crippen LogP contribution is -2.38. The van der Waals surface area contributed by atoms with Crippen LogP contribution in [-0.2, 0) is 14.8 Å². The Labute approximate surface area is 105 Å². The predicted octanol–water partition coefficient (Wildman–Crippen LogP) is 1.19. The van der Waals surface area contributed by atoms with Crippen LogP contribution in [-0.4, -0.2) is 32.7 Å². The third-order valence-electron chi connectivity index (χ3n) is 2.57. The van der Waals surface area contributed by atoms with E-state index >= 15 is 0 Å². The van der Waals surface area contributed by atoms with Crippen molar-refractivity contribution >= 4 is 21.6 Å². The van der Waals surface area contributed by atoms with Crippen LogP contribution in [0, 0.1) is 0 Å². The molecule has 0 aliphatic carbocycles. The largest absolute Gasteiger partial charge is 0.381 e. The van der Waals surface area contributed by atoms with Crippen LogP contribution in [0.15, 0.2) is 23.4 Å². The fourth-order valence-corrected chi connectivity index (χ4v) is 3.39. The standard InChI is InChI=1S/C10H13ClN2O3S/c11-9-1-4-12-7-10(9)17(14,15)13-8-2-5-16-6-3-8/h1,4,7-8,13H,2-3,5-6H2. The molecule has 1 fully saturated rings. The lowest BCUT2D eigenvalue weighted by atomic mass is 10.1. The number of nitrogens with one attached hydrogen (secondary N) is 1. The smallest absolute Gasteiger partial charge is 0.243 e. The Bertz CT molecular complexity index is 486. The molecule has 17 heavy (non-hydrogen) atoms. The first-order chi connectivity index (χ1) is 8.09. The zero-order chi connectivity index (χ0) is 12.3. The van der Waals surface area contributed by atoms with Crippen molar-refractivity contribution < 1.29 is 13.2 Å².